The van der Waals surface area contributed by atoms with Gasteiger partial charge in [0.25, 0.3) is 0 Å². The Morgan fingerprint density at radius 1 is 1.60 bits per heavy atom. The molecule has 0 radical (unpaired) electrons. The van der Waals surface area contributed by atoms with E-state index in [0.29, 0.717) is 11.3 Å². The molecule has 1 N–H and O–H groups in total. The molecule has 0 atom stereocenters. The van der Waals surface area contributed by atoms with Crippen molar-refractivity contribution in [1.29, 1.82) is 5.26 Å². The maximum Gasteiger partial charge on any atom is 0.225 e. The quantitative estimate of drug-likeness (QED) is 0.825. The van der Waals surface area contributed by atoms with Crippen molar-refractivity contribution in [1.82, 2.24) is 0 Å². The lowest BCUT2D eigenvalue weighted by Crippen LogP contribution is -2.10. The van der Waals surface area contributed by atoms with Crippen molar-refractivity contribution < 1.29 is 9.18 Å². The van der Waals surface area contributed by atoms with Gasteiger partial charge < -0.3 is 5.32 Å². The van der Waals surface area contributed by atoms with Crippen LogP contribution in [-0.2, 0) is 4.79 Å². The van der Waals surface area contributed by atoms with Crippen LogP contribution in [0.1, 0.15) is 18.4 Å². The minimum absolute atomic E-state index is 0.160. The molecule has 1 rings (SSSR count). The first-order valence-corrected chi connectivity index (χ1v) is 4.56. The van der Waals surface area contributed by atoms with Crippen molar-refractivity contribution in [3.8, 4) is 6.07 Å². The summed E-state index contributed by atoms with van der Waals surface area (Å²) >= 11 is 0. The topological polar surface area (TPSA) is 52.9 Å². The summed E-state index contributed by atoms with van der Waals surface area (Å²) in [6, 6.07) is 6.23. The largest absolute Gasteiger partial charge is 0.326 e. The number of nitriles is 1. The molecule has 0 spiro atoms. The first-order valence-electron chi connectivity index (χ1n) is 4.56. The molecule has 0 aliphatic heterocycles. The van der Waals surface area contributed by atoms with Gasteiger partial charge in [-0.15, -0.1) is 0 Å². The average molecular weight is 206 g/mol. The molecule has 1 amide bonds. The minimum atomic E-state index is -0.301. The Labute approximate surface area is 87.5 Å². The van der Waals surface area contributed by atoms with Gasteiger partial charge in [-0.05, 0) is 30.7 Å². The molecule has 0 saturated carbocycles. The molecule has 1 aromatic carbocycles. The molecule has 4 heteroatoms. The van der Waals surface area contributed by atoms with Gasteiger partial charge >= 0.3 is 0 Å². The third-order valence-corrected chi connectivity index (χ3v) is 1.91. The molecule has 0 heterocycles. The zero-order valence-corrected chi connectivity index (χ0v) is 8.38. The predicted molar refractivity (Wildman–Crippen MR) is 54.6 cm³/mol. The maximum atomic E-state index is 12.9. The molecular formula is C11H11FN2O. The minimum Gasteiger partial charge on any atom is -0.326 e. The van der Waals surface area contributed by atoms with Crippen molar-refractivity contribution in [3.05, 3.63) is 29.6 Å². The molecule has 15 heavy (non-hydrogen) atoms. The first-order chi connectivity index (χ1) is 7.13. The van der Waals surface area contributed by atoms with Gasteiger partial charge in [-0.1, -0.05) is 0 Å². The Hall–Kier alpha value is -1.89. The smallest absolute Gasteiger partial charge is 0.225 e. The Morgan fingerprint density at radius 2 is 2.33 bits per heavy atom. The standard InChI is InChI=1S/C11H11FN2O/c1-8-7-9(4-5-10(8)12)14-11(15)3-2-6-13/h4-5,7H,2-3H2,1H3,(H,14,15). The SMILES string of the molecule is Cc1cc(NC(=O)CCC#N)ccc1F. The van der Waals surface area contributed by atoms with Gasteiger partial charge in [0.2, 0.25) is 5.91 Å². The number of anilines is 1. The zero-order chi connectivity index (χ0) is 11.3. The Balaban J connectivity index is 2.62. The molecule has 0 aromatic heterocycles. The third kappa shape index (κ3) is 3.39. The molecule has 0 unspecified atom stereocenters. The van der Waals surface area contributed by atoms with E-state index in [0.717, 1.165) is 0 Å². The van der Waals surface area contributed by atoms with Gasteiger partial charge in [0.15, 0.2) is 0 Å². The van der Waals surface area contributed by atoms with Gasteiger partial charge in [-0.2, -0.15) is 5.26 Å². The highest BCUT2D eigenvalue weighted by molar-refractivity contribution is 5.90. The van der Waals surface area contributed by atoms with Crippen LogP contribution in [0.3, 0.4) is 0 Å². The average Bonchev–Trinajstić information content (AvgIpc) is 2.20. The van der Waals surface area contributed by atoms with E-state index in [9.17, 15) is 9.18 Å². The number of carbonyl (C=O) groups excluding carboxylic acids is 1. The fourth-order valence-electron chi connectivity index (χ4n) is 1.12. The Morgan fingerprint density at radius 3 is 2.93 bits per heavy atom. The van der Waals surface area contributed by atoms with E-state index in [-0.39, 0.29) is 24.6 Å². The monoisotopic (exact) mass is 206 g/mol. The predicted octanol–water partition coefficient (Wildman–Crippen LogP) is 2.38. The highest BCUT2D eigenvalue weighted by atomic mass is 19.1. The Bertz CT molecular complexity index is 410. The summed E-state index contributed by atoms with van der Waals surface area (Å²) in [4.78, 5) is 11.2. The molecule has 1 aromatic rings. The maximum absolute atomic E-state index is 12.9. The van der Waals surface area contributed by atoms with Crippen LogP contribution >= 0.6 is 0 Å². The Kier molecular flexibility index (Phi) is 3.81. The number of aryl methyl sites for hydroxylation is 1. The summed E-state index contributed by atoms with van der Waals surface area (Å²) in [6.45, 7) is 1.63. The van der Waals surface area contributed by atoms with Crippen LogP contribution < -0.4 is 5.32 Å². The molecule has 0 saturated heterocycles. The van der Waals surface area contributed by atoms with Crippen LogP contribution in [0.4, 0.5) is 10.1 Å². The van der Waals surface area contributed by atoms with Gasteiger partial charge in [0.1, 0.15) is 5.82 Å². The van der Waals surface area contributed by atoms with Gasteiger partial charge in [0, 0.05) is 18.5 Å². The molecule has 0 aliphatic carbocycles. The number of halogens is 1. The zero-order valence-electron chi connectivity index (χ0n) is 8.38. The second-order valence-corrected chi connectivity index (χ2v) is 3.17. The number of nitrogens with zero attached hydrogens (tertiary/aromatic N) is 1. The summed E-state index contributed by atoms with van der Waals surface area (Å²) in [7, 11) is 0. The third-order valence-electron chi connectivity index (χ3n) is 1.91. The number of benzene rings is 1. The summed E-state index contributed by atoms with van der Waals surface area (Å²) in [6.07, 6.45) is 0.346. The summed E-state index contributed by atoms with van der Waals surface area (Å²) in [5.41, 5.74) is 1.03. The van der Waals surface area contributed by atoms with Crippen molar-refractivity contribution in [3.63, 3.8) is 0 Å². The number of amides is 1. The van der Waals surface area contributed by atoms with E-state index in [2.05, 4.69) is 5.32 Å². The van der Waals surface area contributed by atoms with Gasteiger partial charge in [-0.25, -0.2) is 4.39 Å². The van der Waals surface area contributed by atoms with Crippen LogP contribution in [-0.4, -0.2) is 5.91 Å². The highest BCUT2D eigenvalue weighted by Crippen LogP contribution is 2.13. The summed E-state index contributed by atoms with van der Waals surface area (Å²) in [5.74, 6) is -0.535. The molecule has 0 fully saturated rings. The van der Waals surface area contributed by atoms with E-state index in [1.54, 1.807) is 13.0 Å². The lowest BCUT2D eigenvalue weighted by atomic mass is 10.2. The molecule has 78 valence electrons. The number of hydrogen-bond donors (Lipinski definition) is 1. The van der Waals surface area contributed by atoms with Gasteiger partial charge in [0.05, 0.1) is 6.07 Å². The van der Waals surface area contributed by atoms with E-state index >= 15 is 0 Å². The second-order valence-electron chi connectivity index (χ2n) is 3.17. The van der Waals surface area contributed by atoms with Crippen LogP contribution in [0.2, 0.25) is 0 Å². The summed E-state index contributed by atoms with van der Waals surface area (Å²) in [5, 5.41) is 10.9. The van der Waals surface area contributed by atoms with Crippen LogP contribution in [0.5, 0.6) is 0 Å². The number of carbonyl (C=O) groups is 1. The van der Waals surface area contributed by atoms with Crippen LogP contribution in [0.25, 0.3) is 0 Å². The molecular weight excluding hydrogens is 195 g/mol. The van der Waals surface area contributed by atoms with E-state index in [4.69, 9.17) is 5.26 Å². The van der Waals surface area contributed by atoms with E-state index < -0.39 is 0 Å². The van der Waals surface area contributed by atoms with Crippen molar-refractivity contribution >= 4 is 11.6 Å². The van der Waals surface area contributed by atoms with Crippen LogP contribution in [0, 0.1) is 24.1 Å². The lowest BCUT2D eigenvalue weighted by molar-refractivity contribution is -0.116. The lowest BCUT2D eigenvalue weighted by Gasteiger charge is -2.05. The van der Waals surface area contributed by atoms with E-state index in [1.807, 2.05) is 6.07 Å². The second kappa shape index (κ2) is 5.11. The number of rotatable bonds is 3. The van der Waals surface area contributed by atoms with Crippen LogP contribution in [0.15, 0.2) is 18.2 Å². The van der Waals surface area contributed by atoms with Crippen molar-refractivity contribution in [2.45, 2.75) is 19.8 Å². The first kappa shape index (κ1) is 11.2. The summed E-state index contributed by atoms with van der Waals surface area (Å²) < 4.78 is 12.9. The number of nitrogens with one attached hydrogen (secondary N) is 1. The normalized spacial score (nSPS) is 9.40. The van der Waals surface area contributed by atoms with E-state index in [1.165, 1.54) is 12.1 Å². The number of hydrogen-bond acceptors (Lipinski definition) is 2. The molecule has 0 aliphatic rings. The van der Waals surface area contributed by atoms with Crippen molar-refractivity contribution in [2.75, 3.05) is 5.32 Å². The highest BCUT2D eigenvalue weighted by Gasteiger charge is 2.03. The van der Waals surface area contributed by atoms with Gasteiger partial charge in [-0.3, -0.25) is 4.79 Å². The fraction of sp³-hybridized carbons (Fsp3) is 0.273. The molecule has 3 nitrogen and oxygen atoms in total. The molecule has 0 bridgehead atoms. The fourth-order valence-corrected chi connectivity index (χ4v) is 1.12. The van der Waals surface area contributed by atoms with Crippen molar-refractivity contribution in [2.24, 2.45) is 0 Å².